The quantitative estimate of drug-likeness (QED) is 0.540. The molecule has 0 radical (unpaired) electrons. The van der Waals surface area contributed by atoms with E-state index in [1.165, 1.54) is 0 Å². The molecule has 2 rings (SSSR count). The van der Waals surface area contributed by atoms with Crippen LogP contribution >= 0.6 is 0 Å². The van der Waals surface area contributed by atoms with Crippen LogP contribution in [0.2, 0.25) is 0 Å². The summed E-state index contributed by atoms with van der Waals surface area (Å²) in [6.45, 7) is 2.64. The van der Waals surface area contributed by atoms with Gasteiger partial charge in [-0.1, -0.05) is 18.2 Å². The van der Waals surface area contributed by atoms with Crippen LogP contribution in [0.4, 0.5) is 11.4 Å². The van der Waals surface area contributed by atoms with Gasteiger partial charge < -0.3 is 15.4 Å². The molecule has 8 nitrogen and oxygen atoms in total. The van der Waals surface area contributed by atoms with Crippen molar-refractivity contribution in [1.29, 1.82) is 0 Å². The molecule has 0 saturated carbocycles. The molecule has 29 heavy (non-hydrogen) atoms. The molecule has 9 heteroatoms. The largest absolute Gasteiger partial charge is 0.385 e. The molecule has 0 aliphatic heterocycles. The number of anilines is 2. The van der Waals surface area contributed by atoms with E-state index in [4.69, 9.17) is 4.74 Å². The van der Waals surface area contributed by atoms with E-state index < -0.39 is 15.9 Å². The van der Waals surface area contributed by atoms with Gasteiger partial charge >= 0.3 is 0 Å². The van der Waals surface area contributed by atoms with Crippen LogP contribution in [-0.2, 0) is 14.8 Å². The zero-order valence-electron chi connectivity index (χ0n) is 16.6. The van der Waals surface area contributed by atoms with E-state index in [-0.39, 0.29) is 5.91 Å². The number of sulfonamides is 1. The zero-order valence-corrected chi connectivity index (χ0v) is 17.4. The van der Waals surface area contributed by atoms with Crippen molar-refractivity contribution in [3.05, 3.63) is 59.2 Å². The third-order valence-electron chi connectivity index (χ3n) is 4.10. The fourth-order valence-electron chi connectivity index (χ4n) is 2.69. The fourth-order valence-corrected chi connectivity index (χ4v) is 3.31. The van der Waals surface area contributed by atoms with Crippen molar-refractivity contribution in [1.82, 2.24) is 5.32 Å². The molecule has 0 saturated heterocycles. The third-order valence-corrected chi connectivity index (χ3v) is 4.70. The van der Waals surface area contributed by atoms with Crippen molar-refractivity contribution in [2.45, 2.75) is 13.3 Å². The Hall–Kier alpha value is -2.91. The molecular formula is C20H25N3O5S. The van der Waals surface area contributed by atoms with Crippen LogP contribution in [0.5, 0.6) is 0 Å². The molecule has 2 amide bonds. The number of rotatable bonds is 9. The molecule has 0 bridgehead atoms. The topological polar surface area (TPSA) is 114 Å². The van der Waals surface area contributed by atoms with E-state index in [1.807, 2.05) is 0 Å². The summed E-state index contributed by atoms with van der Waals surface area (Å²) in [7, 11) is -1.88. The first-order chi connectivity index (χ1) is 13.7. The molecule has 0 aromatic heterocycles. The first-order valence-electron chi connectivity index (χ1n) is 8.98. The van der Waals surface area contributed by atoms with Gasteiger partial charge in [-0.05, 0) is 43.2 Å². The van der Waals surface area contributed by atoms with Crippen LogP contribution in [0, 0.1) is 6.92 Å². The van der Waals surface area contributed by atoms with Gasteiger partial charge in [-0.2, -0.15) is 0 Å². The number of para-hydroxylation sites is 1. The van der Waals surface area contributed by atoms with Crippen molar-refractivity contribution in [2.24, 2.45) is 0 Å². The normalized spacial score (nSPS) is 11.0. The SMILES string of the molecule is COCCCNC(=O)c1ccccc1NC(=O)c1cccc(NS(C)(=O)=O)c1C. The summed E-state index contributed by atoms with van der Waals surface area (Å²) in [6.07, 6.45) is 1.72. The van der Waals surface area contributed by atoms with Crippen molar-refractivity contribution < 1.29 is 22.7 Å². The Morgan fingerprint density at radius 1 is 0.966 bits per heavy atom. The van der Waals surface area contributed by atoms with Crippen LogP contribution in [-0.4, -0.2) is 46.7 Å². The lowest BCUT2D eigenvalue weighted by Gasteiger charge is -2.14. The van der Waals surface area contributed by atoms with Crippen LogP contribution in [0.3, 0.4) is 0 Å². The minimum absolute atomic E-state index is 0.300. The summed E-state index contributed by atoms with van der Waals surface area (Å²) < 4.78 is 30.4. The number of amides is 2. The number of carbonyl (C=O) groups is 2. The second-order valence-electron chi connectivity index (χ2n) is 6.45. The van der Waals surface area contributed by atoms with Crippen LogP contribution < -0.4 is 15.4 Å². The summed E-state index contributed by atoms with van der Waals surface area (Å²) in [6, 6.07) is 11.4. The summed E-state index contributed by atoms with van der Waals surface area (Å²) in [5.41, 5.74) is 1.80. The maximum Gasteiger partial charge on any atom is 0.256 e. The minimum Gasteiger partial charge on any atom is -0.385 e. The Labute approximate surface area is 170 Å². The smallest absolute Gasteiger partial charge is 0.256 e. The second kappa shape index (κ2) is 10.0. The lowest BCUT2D eigenvalue weighted by Crippen LogP contribution is -2.27. The molecule has 0 heterocycles. The minimum atomic E-state index is -3.48. The van der Waals surface area contributed by atoms with E-state index in [0.717, 1.165) is 6.26 Å². The second-order valence-corrected chi connectivity index (χ2v) is 8.20. The van der Waals surface area contributed by atoms with Gasteiger partial charge in [0.2, 0.25) is 10.0 Å². The van der Waals surface area contributed by atoms with E-state index >= 15 is 0 Å². The summed E-state index contributed by atoms with van der Waals surface area (Å²) >= 11 is 0. The maximum absolute atomic E-state index is 12.8. The average molecular weight is 420 g/mol. The molecule has 0 fully saturated rings. The number of hydrogen-bond donors (Lipinski definition) is 3. The van der Waals surface area contributed by atoms with Gasteiger partial charge in [-0.15, -0.1) is 0 Å². The van der Waals surface area contributed by atoms with Gasteiger partial charge in [-0.25, -0.2) is 8.42 Å². The number of ether oxygens (including phenoxy) is 1. The number of hydrogen-bond acceptors (Lipinski definition) is 5. The van der Waals surface area contributed by atoms with E-state index in [0.29, 0.717) is 47.6 Å². The highest BCUT2D eigenvalue weighted by Crippen LogP contribution is 2.22. The molecule has 0 spiro atoms. The monoisotopic (exact) mass is 419 g/mol. The van der Waals surface area contributed by atoms with Crippen molar-refractivity contribution in [3.63, 3.8) is 0 Å². The van der Waals surface area contributed by atoms with Gasteiger partial charge in [0, 0.05) is 25.8 Å². The van der Waals surface area contributed by atoms with E-state index in [9.17, 15) is 18.0 Å². The fraction of sp³-hybridized carbons (Fsp3) is 0.300. The highest BCUT2D eigenvalue weighted by Gasteiger charge is 2.17. The number of methoxy groups -OCH3 is 1. The van der Waals surface area contributed by atoms with Crippen molar-refractivity contribution >= 4 is 33.2 Å². The number of nitrogens with one attached hydrogen (secondary N) is 3. The first kappa shape index (κ1) is 22.4. The van der Waals surface area contributed by atoms with Crippen molar-refractivity contribution in [2.75, 3.05) is 36.6 Å². The van der Waals surface area contributed by atoms with Gasteiger partial charge in [0.25, 0.3) is 11.8 Å². The van der Waals surface area contributed by atoms with E-state index in [2.05, 4.69) is 15.4 Å². The Balaban J connectivity index is 2.20. The van der Waals surface area contributed by atoms with Crippen LogP contribution in [0.25, 0.3) is 0 Å². The van der Waals surface area contributed by atoms with Crippen molar-refractivity contribution in [3.8, 4) is 0 Å². The standard InChI is InChI=1S/C20H25N3O5S/c1-14-15(9-6-11-17(14)23-29(3,26)27)20(25)22-18-10-5-4-8-16(18)19(24)21-12-7-13-28-2/h4-6,8-11,23H,7,12-13H2,1-3H3,(H,21,24)(H,22,25). The van der Waals surface area contributed by atoms with Gasteiger partial charge in [0.15, 0.2) is 0 Å². The Bertz CT molecular complexity index is 989. The molecular weight excluding hydrogens is 394 g/mol. The number of carbonyl (C=O) groups excluding carboxylic acids is 2. The third kappa shape index (κ3) is 6.58. The average Bonchev–Trinajstić information content (AvgIpc) is 2.66. The Morgan fingerprint density at radius 2 is 1.62 bits per heavy atom. The van der Waals surface area contributed by atoms with Gasteiger partial charge in [-0.3, -0.25) is 14.3 Å². The Morgan fingerprint density at radius 3 is 2.31 bits per heavy atom. The summed E-state index contributed by atoms with van der Waals surface area (Å²) in [5.74, 6) is -0.750. The molecule has 0 atom stereocenters. The van der Waals surface area contributed by atoms with Crippen LogP contribution in [0.15, 0.2) is 42.5 Å². The highest BCUT2D eigenvalue weighted by molar-refractivity contribution is 7.92. The lowest BCUT2D eigenvalue weighted by molar-refractivity contribution is 0.0949. The molecule has 0 unspecified atom stereocenters. The van der Waals surface area contributed by atoms with Gasteiger partial charge in [0.05, 0.1) is 23.2 Å². The molecule has 2 aromatic carbocycles. The summed E-state index contributed by atoms with van der Waals surface area (Å²) in [5, 5.41) is 5.53. The predicted octanol–water partition coefficient (Wildman–Crippen LogP) is 2.39. The predicted molar refractivity (Wildman–Crippen MR) is 113 cm³/mol. The van der Waals surface area contributed by atoms with Crippen LogP contribution in [0.1, 0.15) is 32.7 Å². The first-order valence-corrected chi connectivity index (χ1v) is 10.9. The molecule has 2 aromatic rings. The summed E-state index contributed by atoms with van der Waals surface area (Å²) in [4.78, 5) is 25.2. The lowest BCUT2D eigenvalue weighted by atomic mass is 10.1. The Kier molecular flexibility index (Phi) is 7.74. The molecule has 156 valence electrons. The maximum atomic E-state index is 12.8. The van der Waals surface area contributed by atoms with Gasteiger partial charge in [0.1, 0.15) is 0 Å². The molecule has 3 N–H and O–H groups in total. The zero-order chi connectivity index (χ0) is 21.4. The number of benzene rings is 2. The van der Waals surface area contributed by atoms with E-state index in [1.54, 1.807) is 56.5 Å². The molecule has 0 aliphatic carbocycles. The highest BCUT2D eigenvalue weighted by atomic mass is 32.2. The molecule has 0 aliphatic rings.